The van der Waals surface area contributed by atoms with Gasteiger partial charge in [0.2, 0.25) is 5.83 Å². The lowest BCUT2D eigenvalue weighted by molar-refractivity contribution is -0.226. The average molecular weight is 240 g/mol. The molecule has 0 fully saturated rings. The molecule has 2 nitrogen and oxygen atoms in total. The van der Waals surface area contributed by atoms with Crippen molar-refractivity contribution < 1.29 is 40.6 Å². The van der Waals surface area contributed by atoms with Crippen LogP contribution in [-0.2, 0) is 4.79 Å². The number of aliphatic carboxylic acids is 1. The fourth-order valence-corrected chi connectivity index (χ4v) is 0.527. The molecule has 88 valence electrons. The van der Waals surface area contributed by atoms with Crippen LogP contribution in [0.15, 0.2) is 11.7 Å². The van der Waals surface area contributed by atoms with E-state index in [9.17, 15) is 35.5 Å². The molecule has 15 heavy (non-hydrogen) atoms. The molecule has 0 aromatic rings. The molecule has 0 aromatic carbocycles. The quantitative estimate of drug-likeness (QED) is 0.607. The minimum absolute atomic E-state index is 2.76. The summed E-state index contributed by atoms with van der Waals surface area (Å²) in [7, 11) is 0. The molecule has 0 spiro atoms. The SMILES string of the molecule is O=C(O)/C(F)=C(\F)[C@](F)(CF)C(F)(F)F. The van der Waals surface area contributed by atoms with Crippen LogP contribution in [0, 0.1) is 0 Å². The summed E-state index contributed by atoms with van der Waals surface area (Å²) in [4.78, 5) is 9.70. The Hall–Kier alpha value is -1.28. The highest BCUT2D eigenvalue weighted by Crippen LogP contribution is 2.42. The zero-order valence-corrected chi connectivity index (χ0v) is 6.71. The van der Waals surface area contributed by atoms with Crippen LogP contribution in [0.3, 0.4) is 0 Å². The maximum atomic E-state index is 12.6. The third kappa shape index (κ3) is 2.39. The van der Waals surface area contributed by atoms with Crippen molar-refractivity contribution in [3.63, 3.8) is 0 Å². The molecule has 0 heterocycles. The van der Waals surface area contributed by atoms with Crippen molar-refractivity contribution in [2.45, 2.75) is 11.8 Å². The highest BCUT2D eigenvalue weighted by atomic mass is 19.4. The second-order valence-electron chi connectivity index (χ2n) is 2.37. The van der Waals surface area contributed by atoms with Gasteiger partial charge in [0.25, 0.3) is 5.67 Å². The van der Waals surface area contributed by atoms with Crippen LogP contribution in [0.5, 0.6) is 0 Å². The standard InChI is InChI=1S/C6H3F7O2/c7-1-5(10,6(11,12)13)3(9)2(8)4(14)15/h1H2,(H,14,15)/b3-2+/t5-/m1/s1. The largest absolute Gasteiger partial charge is 0.476 e. The Morgan fingerprint density at radius 3 is 1.73 bits per heavy atom. The minimum Gasteiger partial charge on any atom is -0.476 e. The monoisotopic (exact) mass is 240 g/mol. The Balaban J connectivity index is 5.52. The summed E-state index contributed by atoms with van der Waals surface area (Å²) in [5, 5.41) is 7.75. The summed E-state index contributed by atoms with van der Waals surface area (Å²) >= 11 is 0. The van der Waals surface area contributed by atoms with Gasteiger partial charge in [0.05, 0.1) is 0 Å². The van der Waals surface area contributed by atoms with Gasteiger partial charge in [-0.15, -0.1) is 0 Å². The molecular weight excluding hydrogens is 237 g/mol. The van der Waals surface area contributed by atoms with Gasteiger partial charge < -0.3 is 5.11 Å². The van der Waals surface area contributed by atoms with Gasteiger partial charge in [-0.05, 0) is 0 Å². The van der Waals surface area contributed by atoms with E-state index in [2.05, 4.69) is 0 Å². The van der Waals surface area contributed by atoms with Crippen molar-refractivity contribution in [2.75, 3.05) is 6.67 Å². The molecule has 0 aliphatic carbocycles. The van der Waals surface area contributed by atoms with Gasteiger partial charge in [-0.1, -0.05) is 0 Å². The summed E-state index contributed by atoms with van der Waals surface area (Å²) in [6.45, 7) is -2.96. The van der Waals surface area contributed by atoms with Crippen molar-refractivity contribution >= 4 is 5.97 Å². The van der Waals surface area contributed by atoms with Gasteiger partial charge in [0, 0.05) is 0 Å². The molecule has 0 aromatic heterocycles. The van der Waals surface area contributed by atoms with Crippen molar-refractivity contribution in [3.05, 3.63) is 11.7 Å². The van der Waals surface area contributed by atoms with E-state index >= 15 is 0 Å². The fraction of sp³-hybridized carbons (Fsp3) is 0.500. The first kappa shape index (κ1) is 13.7. The van der Waals surface area contributed by atoms with Crippen LogP contribution < -0.4 is 0 Å². The van der Waals surface area contributed by atoms with Crippen LogP contribution in [-0.4, -0.2) is 29.6 Å². The molecule has 0 rings (SSSR count). The van der Waals surface area contributed by atoms with Gasteiger partial charge in [-0.25, -0.2) is 18.0 Å². The number of carbonyl (C=O) groups is 1. The van der Waals surface area contributed by atoms with Crippen LogP contribution >= 0.6 is 0 Å². The molecule has 0 unspecified atom stereocenters. The van der Waals surface area contributed by atoms with E-state index in [4.69, 9.17) is 5.11 Å². The Labute approximate surface area is 78.0 Å². The van der Waals surface area contributed by atoms with Crippen molar-refractivity contribution in [2.24, 2.45) is 0 Å². The summed E-state index contributed by atoms with van der Waals surface area (Å²) in [6, 6.07) is 0. The topological polar surface area (TPSA) is 37.3 Å². The normalized spacial score (nSPS) is 18.1. The van der Waals surface area contributed by atoms with E-state index in [1.54, 1.807) is 0 Å². The molecular formula is C6H3F7O2. The van der Waals surface area contributed by atoms with Gasteiger partial charge in [0.15, 0.2) is 5.83 Å². The van der Waals surface area contributed by atoms with E-state index in [0.717, 1.165) is 0 Å². The van der Waals surface area contributed by atoms with Gasteiger partial charge in [-0.3, -0.25) is 0 Å². The summed E-state index contributed by atoms with van der Waals surface area (Å²) in [5.74, 6) is -9.12. The second kappa shape index (κ2) is 4.07. The van der Waals surface area contributed by atoms with Gasteiger partial charge >= 0.3 is 12.1 Å². The fourth-order valence-electron chi connectivity index (χ4n) is 0.527. The predicted molar refractivity (Wildman–Crippen MR) is 32.7 cm³/mol. The maximum absolute atomic E-state index is 12.6. The van der Waals surface area contributed by atoms with E-state index < -0.39 is 36.1 Å². The smallest absolute Gasteiger partial charge is 0.431 e. The summed E-state index contributed by atoms with van der Waals surface area (Å²) in [6.07, 6.45) is -6.08. The van der Waals surface area contributed by atoms with Crippen molar-refractivity contribution in [1.82, 2.24) is 0 Å². The summed E-state index contributed by atoms with van der Waals surface area (Å²) < 4.78 is 84.0. The Morgan fingerprint density at radius 1 is 1.13 bits per heavy atom. The van der Waals surface area contributed by atoms with E-state index in [1.165, 1.54) is 0 Å². The minimum atomic E-state index is -6.08. The van der Waals surface area contributed by atoms with Gasteiger partial charge in [0.1, 0.15) is 6.67 Å². The molecule has 0 amide bonds. The molecule has 0 aliphatic heterocycles. The van der Waals surface area contributed by atoms with E-state index in [0.29, 0.717) is 0 Å². The highest BCUT2D eigenvalue weighted by Gasteiger charge is 2.61. The maximum Gasteiger partial charge on any atom is 0.431 e. The predicted octanol–water partition coefficient (Wildman–Crippen LogP) is 2.46. The highest BCUT2D eigenvalue weighted by molar-refractivity contribution is 5.84. The molecule has 0 aliphatic rings. The Bertz CT molecular complexity index is 294. The molecule has 0 saturated carbocycles. The molecule has 1 atom stereocenters. The molecule has 9 heteroatoms. The summed E-state index contributed by atoms with van der Waals surface area (Å²) in [5.41, 5.74) is -5.27. The lowest BCUT2D eigenvalue weighted by Crippen LogP contribution is -2.44. The molecule has 0 saturated heterocycles. The number of hydrogen-bond acceptors (Lipinski definition) is 1. The number of carboxylic acids is 1. The first-order valence-electron chi connectivity index (χ1n) is 3.18. The lowest BCUT2D eigenvalue weighted by atomic mass is 10.1. The third-order valence-electron chi connectivity index (χ3n) is 1.36. The Kier molecular flexibility index (Phi) is 3.72. The number of hydrogen-bond donors (Lipinski definition) is 1. The van der Waals surface area contributed by atoms with Crippen LogP contribution in [0.2, 0.25) is 0 Å². The molecule has 0 bridgehead atoms. The second-order valence-corrected chi connectivity index (χ2v) is 2.37. The molecule has 0 radical (unpaired) electrons. The van der Waals surface area contributed by atoms with Crippen LogP contribution in [0.4, 0.5) is 30.7 Å². The number of halogens is 7. The zero-order valence-electron chi connectivity index (χ0n) is 6.71. The number of rotatable bonds is 3. The zero-order chi connectivity index (χ0) is 12.4. The van der Waals surface area contributed by atoms with E-state index in [-0.39, 0.29) is 0 Å². The van der Waals surface area contributed by atoms with Gasteiger partial charge in [-0.2, -0.15) is 17.6 Å². The first-order chi connectivity index (χ1) is 6.58. The Morgan fingerprint density at radius 2 is 1.53 bits per heavy atom. The molecule has 1 N–H and O–H groups in total. The van der Waals surface area contributed by atoms with Crippen LogP contribution in [0.25, 0.3) is 0 Å². The van der Waals surface area contributed by atoms with Crippen molar-refractivity contribution in [1.29, 1.82) is 0 Å². The average Bonchev–Trinajstić information content (AvgIpc) is 2.12. The number of alkyl halides is 5. The third-order valence-corrected chi connectivity index (χ3v) is 1.36. The number of carboxylic acid groups (broad SMARTS) is 1. The lowest BCUT2D eigenvalue weighted by Gasteiger charge is -2.22. The number of allylic oxidation sites excluding steroid dienone is 1. The van der Waals surface area contributed by atoms with Crippen molar-refractivity contribution in [3.8, 4) is 0 Å². The van der Waals surface area contributed by atoms with Crippen LogP contribution in [0.1, 0.15) is 0 Å². The first-order valence-corrected chi connectivity index (χ1v) is 3.18. The van der Waals surface area contributed by atoms with E-state index in [1.807, 2.05) is 0 Å².